The van der Waals surface area contributed by atoms with Gasteiger partial charge in [0.05, 0.1) is 6.04 Å². The normalized spacial score (nSPS) is 12.1. The highest BCUT2D eigenvalue weighted by Gasteiger charge is 2.16. The molecule has 1 atom stereocenters. The van der Waals surface area contributed by atoms with Crippen LogP contribution >= 0.6 is 11.8 Å². The summed E-state index contributed by atoms with van der Waals surface area (Å²) in [5.41, 5.74) is 7.54. The monoisotopic (exact) mass is 333 g/mol. The molecule has 0 fully saturated rings. The zero-order valence-corrected chi connectivity index (χ0v) is 14.1. The Kier molecular flexibility index (Phi) is 7.16. The van der Waals surface area contributed by atoms with Crippen LogP contribution in [0, 0.1) is 0 Å². The minimum Gasteiger partial charge on any atom is -0.446 e. The second-order valence-corrected chi connectivity index (χ2v) is 6.29. The number of benzene rings is 1. The third-order valence-electron chi connectivity index (χ3n) is 3.48. The first-order chi connectivity index (χ1) is 11.2. The van der Waals surface area contributed by atoms with Gasteiger partial charge in [0, 0.05) is 6.54 Å². The van der Waals surface area contributed by atoms with E-state index in [9.17, 15) is 4.79 Å². The number of thioether (sulfide) groups is 1. The second kappa shape index (κ2) is 9.37. The third-order valence-corrected chi connectivity index (χ3v) is 4.12. The summed E-state index contributed by atoms with van der Waals surface area (Å²) in [4.78, 5) is 16.2. The average molecular weight is 333 g/mol. The average Bonchev–Trinajstić information content (AvgIpc) is 3.07. The SMILES string of the molecule is CSCCC(N)c1nc(C(=O)NCCCc2ccccc2)co1. The van der Waals surface area contributed by atoms with E-state index in [1.165, 1.54) is 11.8 Å². The fourth-order valence-corrected chi connectivity index (χ4v) is 2.65. The summed E-state index contributed by atoms with van der Waals surface area (Å²) >= 11 is 1.72. The van der Waals surface area contributed by atoms with Crippen LogP contribution in [-0.2, 0) is 6.42 Å². The molecule has 124 valence electrons. The molecule has 0 spiro atoms. The van der Waals surface area contributed by atoms with Crippen LogP contribution in [0.4, 0.5) is 0 Å². The molecule has 6 heteroatoms. The molecule has 0 aliphatic heterocycles. The Hall–Kier alpha value is -1.79. The maximum absolute atomic E-state index is 12.0. The first-order valence-electron chi connectivity index (χ1n) is 7.72. The minimum atomic E-state index is -0.262. The van der Waals surface area contributed by atoms with Gasteiger partial charge in [-0.1, -0.05) is 30.3 Å². The van der Waals surface area contributed by atoms with E-state index < -0.39 is 0 Å². The van der Waals surface area contributed by atoms with Gasteiger partial charge in [-0.25, -0.2) is 4.98 Å². The predicted molar refractivity (Wildman–Crippen MR) is 93.5 cm³/mol. The number of amides is 1. The number of carbonyl (C=O) groups is 1. The number of hydrogen-bond donors (Lipinski definition) is 2. The molecule has 1 unspecified atom stereocenters. The molecular weight excluding hydrogens is 310 g/mol. The molecule has 2 rings (SSSR count). The highest BCUT2D eigenvalue weighted by Crippen LogP contribution is 2.15. The first kappa shape index (κ1) is 17.6. The molecule has 0 radical (unpaired) electrons. The van der Waals surface area contributed by atoms with E-state index in [-0.39, 0.29) is 11.9 Å². The van der Waals surface area contributed by atoms with Crippen molar-refractivity contribution in [3.63, 3.8) is 0 Å². The van der Waals surface area contributed by atoms with Gasteiger partial charge < -0.3 is 15.5 Å². The van der Waals surface area contributed by atoms with Gasteiger partial charge in [-0.15, -0.1) is 0 Å². The summed E-state index contributed by atoms with van der Waals surface area (Å²) in [5.74, 6) is 1.14. The maximum Gasteiger partial charge on any atom is 0.273 e. The molecular formula is C17H23N3O2S. The maximum atomic E-state index is 12.0. The lowest BCUT2D eigenvalue weighted by atomic mass is 10.1. The summed E-state index contributed by atoms with van der Waals surface area (Å²) < 4.78 is 5.31. The van der Waals surface area contributed by atoms with Crippen molar-refractivity contribution < 1.29 is 9.21 Å². The van der Waals surface area contributed by atoms with Crippen LogP contribution in [0.5, 0.6) is 0 Å². The quantitative estimate of drug-likeness (QED) is 0.690. The Balaban J connectivity index is 1.74. The van der Waals surface area contributed by atoms with Crippen LogP contribution in [-0.4, -0.2) is 29.4 Å². The molecule has 0 saturated heterocycles. The topological polar surface area (TPSA) is 81.1 Å². The Bertz CT molecular complexity index is 601. The van der Waals surface area contributed by atoms with Gasteiger partial charge in [-0.05, 0) is 36.8 Å². The molecule has 0 bridgehead atoms. The lowest BCUT2D eigenvalue weighted by Crippen LogP contribution is -2.25. The molecule has 1 aromatic carbocycles. The van der Waals surface area contributed by atoms with E-state index in [0.717, 1.165) is 25.0 Å². The van der Waals surface area contributed by atoms with Crippen molar-refractivity contribution in [1.29, 1.82) is 0 Å². The van der Waals surface area contributed by atoms with Crippen molar-refractivity contribution in [1.82, 2.24) is 10.3 Å². The summed E-state index contributed by atoms with van der Waals surface area (Å²) in [6.07, 6.45) is 6.00. The molecule has 2 aromatic rings. The summed E-state index contributed by atoms with van der Waals surface area (Å²) in [5, 5.41) is 2.86. The fourth-order valence-electron chi connectivity index (χ4n) is 2.16. The zero-order chi connectivity index (χ0) is 16.5. The molecule has 23 heavy (non-hydrogen) atoms. The highest BCUT2D eigenvalue weighted by molar-refractivity contribution is 7.98. The molecule has 1 heterocycles. The molecule has 5 nitrogen and oxygen atoms in total. The smallest absolute Gasteiger partial charge is 0.273 e. The molecule has 0 aliphatic carbocycles. The largest absolute Gasteiger partial charge is 0.446 e. The van der Waals surface area contributed by atoms with Gasteiger partial charge in [-0.3, -0.25) is 4.79 Å². The Morgan fingerprint density at radius 3 is 2.91 bits per heavy atom. The van der Waals surface area contributed by atoms with Crippen molar-refractivity contribution in [3.8, 4) is 0 Å². The minimum absolute atomic E-state index is 0.217. The van der Waals surface area contributed by atoms with E-state index in [1.807, 2.05) is 24.5 Å². The molecule has 1 amide bonds. The molecule has 0 saturated carbocycles. The number of nitrogens with zero attached hydrogens (tertiary/aromatic N) is 1. The fraction of sp³-hybridized carbons (Fsp3) is 0.412. The van der Waals surface area contributed by atoms with Crippen LogP contribution in [0.2, 0.25) is 0 Å². The number of aromatic nitrogens is 1. The van der Waals surface area contributed by atoms with Crippen LogP contribution in [0.15, 0.2) is 41.0 Å². The first-order valence-corrected chi connectivity index (χ1v) is 9.12. The lowest BCUT2D eigenvalue weighted by molar-refractivity contribution is 0.0948. The number of hydrogen-bond acceptors (Lipinski definition) is 5. The van der Waals surface area contributed by atoms with E-state index in [4.69, 9.17) is 10.2 Å². The number of rotatable bonds is 9. The van der Waals surface area contributed by atoms with Crippen molar-refractivity contribution in [3.05, 3.63) is 53.7 Å². The zero-order valence-electron chi connectivity index (χ0n) is 13.3. The number of nitrogens with one attached hydrogen (secondary N) is 1. The highest BCUT2D eigenvalue weighted by atomic mass is 32.2. The number of carbonyl (C=O) groups excluding carboxylic acids is 1. The van der Waals surface area contributed by atoms with Gasteiger partial charge >= 0.3 is 0 Å². The van der Waals surface area contributed by atoms with E-state index in [0.29, 0.717) is 18.1 Å². The van der Waals surface area contributed by atoms with Gasteiger partial charge in [0.25, 0.3) is 5.91 Å². The van der Waals surface area contributed by atoms with Gasteiger partial charge in [0.2, 0.25) is 5.89 Å². The van der Waals surface area contributed by atoms with Crippen molar-refractivity contribution >= 4 is 17.7 Å². The van der Waals surface area contributed by atoms with Gasteiger partial charge in [0.1, 0.15) is 6.26 Å². The standard InChI is InChI=1S/C17H23N3O2S/c1-23-11-9-14(18)17-20-15(12-22-17)16(21)19-10-5-8-13-6-3-2-4-7-13/h2-4,6-7,12,14H,5,8-11,18H2,1H3,(H,19,21). The molecule has 3 N–H and O–H groups in total. The van der Waals surface area contributed by atoms with E-state index in [2.05, 4.69) is 22.4 Å². The van der Waals surface area contributed by atoms with Crippen molar-refractivity contribution in [2.75, 3.05) is 18.6 Å². The molecule has 0 aliphatic rings. The third kappa shape index (κ3) is 5.73. The summed E-state index contributed by atoms with van der Waals surface area (Å²) in [6, 6.07) is 9.94. The number of aryl methyl sites for hydroxylation is 1. The Morgan fingerprint density at radius 2 is 2.17 bits per heavy atom. The second-order valence-electron chi connectivity index (χ2n) is 5.30. The van der Waals surface area contributed by atoms with Crippen molar-refractivity contribution in [2.24, 2.45) is 5.73 Å². The van der Waals surface area contributed by atoms with Crippen LogP contribution in [0.25, 0.3) is 0 Å². The van der Waals surface area contributed by atoms with E-state index >= 15 is 0 Å². The molecule has 1 aromatic heterocycles. The van der Waals surface area contributed by atoms with Crippen LogP contribution in [0.3, 0.4) is 0 Å². The summed E-state index contributed by atoms with van der Waals surface area (Å²) in [6.45, 7) is 0.606. The summed E-state index contributed by atoms with van der Waals surface area (Å²) in [7, 11) is 0. The van der Waals surface area contributed by atoms with Crippen LogP contribution in [0.1, 0.15) is 40.8 Å². The number of nitrogens with two attached hydrogens (primary N) is 1. The Labute approximate surface area is 141 Å². The van der Waals surface area contributed by atoms with Gasteiger partial charge in [0.15, 0.2) is 5.69 Å². The van der Waals surface area contributed by atoms with Crippen LogP contribution < -0.4 is 11.1 Å². The van der Waals surface area contributed by atoms with Gasteiger partial charge in [-0.2, -0.15) is 11.8 Å². The predicted octanol–water partition coefficient (Wildman–Crippen LogP) is 2.79. The number of oxazole rings is 1. The van der Waals surface area contributed by atoms with Crippen molar-refractivity contribution in [2.45, 2.75) is 25.3 Å². The lowest BCUT2D eigenvalue weighted by Gasteiger charge is -2.05. The van der Waals surface area contributed by atoms with E-state index in [1.54, 1.807) is 11.8 Å². The Morgan fingerprint density at radius 1 is 1.39 bits per heavy atom.